The van der Waals surface area contributed by atoms with Crippen LogP contribution in [0.15, 0.2) is 18.5 Å². The van der Waals surface area contributed by atoms with E-state index in [-0.39, 0.29) is 5.82 Å². The molecule has 5 heteroatoms. The average molecular weight is 250 g/mol. The molecule has 1 fully saturated rings. The van der Waals surface area contributed by atoms with Gasteiger partial charge in [-0.15, -0.1) is 0 Å². The SMILES string of the molecule is COc1sc(-c2cncc(F)c2)nc1C1CC1. The van der Waals surface area contributed by atoms with Crippen LogP contribution in [0, 0.1) is 5.82 Å². The summed E-state index contributed by atoms with van der Waals surface area (Å²) >= 11 is 1.45. The summed E-state index contributed by atoms with van der Waals surface area (Å²) in [4.78, 5) is 8.38. The first-order valence-corrected chi connectivity index (χ1v) is 6.25. The second-order valence-electron chi connectivity index (χ2n) is 4.06. The quantitative estimate of drug-likeness (QED) is 0.838. The molecule has 0 unspecified atom stereocenters. The largest absolute Gasteiger partial charge is 0.486 e. The highest BCUT2D eigenvalue weighted by atomic mass is 32.1. The van der Waals surface area contributed by atoms with Crippen molar-refractivity contribution < 1.29 is 9.13 Å². The third kappa shape index (κ3) is 2.02. The molecule has 0 radical (unpaired) electrons. The molecule has 0 spiro atoms. The highest BCUT2D eigenvalue weighted by Gasteiger charge is 2.30. The minimum Gasteiger partial charge on any atom is -0.486 e. The summed E-state index contributed by atoms with van der Waals surface area (Å²) in [5.41, 5.74) is 1.72. The number of aromatic nitrogens is 2. The number of methoxy groups -OCH3 is 1. The molecule has 0 aliphatic heterocycles. The lowest BCUT2D eigenvalue weighted by molar-refractivity contribution is 0.420. The van der Waals surface area contributed by atoms with E-state index in [1.165, 1.54) is 36.4 Å². The van der Waals surface area contributed by atoms with Crippen LogP contribution in [-0.2, 0) is 0 Å². The van der Waals surface area contributed by atoms with Crippen molar-refractivity contribution in [3.63, 3.8) is 0 Å². The van der Waals surface area contributed by atoms with E-state index in [0.29, 0.717) is 11.5 Å². The van der Waals surface area contributed by atoms with Gasteiger partial charge in [-0.3, -0.25) is 4.98 Å². The van der Waals surface area contributed by atoms with Crippen LogP contribution in [-0.4, -0.2) is 17.1 Å². The van der Waals surface area contributed by atoms with Crippen molar-refractivity contribution in [1.29, 1.82) is 0 Å². The Bertz CT molecular complexity index is 551. The van der Waals surface area contributed by atoms with Crippen LogP contribution in [0.25, 0.3) is 10.6 Å². The first kappa shape index (κ1) is 10.7. The molecule has 0 saturated heterocycles. The third-order valence-corrected chi connectivity index (χ3v) is 3.80. The van der Waals surface area contributed by atoms with Gasteiger partial charge in [0, 0.05) is 17.7 Å². The van der Waals surface area contributed by atoms with Gasteiger partial charge in [-0.25, -0.2) is 9.37 Å². The van der Waals surface area contributed by atoms with E-state index in [2.05, 4.69) is 9.97 Å². The molecule has 2 aromatic heterocycles. The van der Waals surface area contributed by atoms with Gasteiger partial charge in [0.1, 0.15) is 10.8 Å². The third-order valence-electron chi connectivity index (χ3n) is 2.72. The Hall–Kier alpha value is -1.49. The van der Waals surface area contributed by atoms with E-state index >= 15 is 0 Å². The van der Waals surface area contributed by atoms with Crippen molar-refractivity contribution in [1.82, 2.24) is 9.97 Å². The Morgan fingerprint density at radius 3 is 2.88 bits per heavy atom. The average Bonchev–Trinajstić information content (AvgIpc) is 3.08. The van der Waals surface area contributed by atoms with Crippen LogP contribution >= 0.6 is 11.3 Å². The highest BCUT2D eigenvalue weighted by molar-refractivity contribution is 7.17. The maximum absolute atomic E-state index is 13.1. The van der Waals surface area contributed by atoms with E-state index in [0.717, 1.165) is 15.8 Å². The highest BCUT2D eigenvalue weighted by Crippen LogP contribution is 2.47. The van der Waals surface area contributed by atoms with Gasteiger partial charge < -0.3 is 4.74 Å². The smallest absolute Gasteiger partial charge is 0.197 e. The fourth-order valence-electron chi connectivity index (χ4n) is 1.73. The molecule has 1 saturated carbocycles. The van der Waals surface area contributed by atoms with Gasteiger partial charge in [-0.05, 0) is 18.9 Å². The predicted octanol–water partition coefficient (Wildman–Crippen LogP) is 3.23. The van der Waals surface area contributed by atoms with E-state index < -0.39 is 0 Å². The molecule has 0 aromatic carbocycles. The van der Waals surface area contributed by atoms with Crippen molar-refractivity contribution in [3.8, 4) is 15.6 Å². The summed E-state index contributed by atoms with van der Waals surface area (Å²) in [5.74, 6) is 0.182. The summed E-state index contributed by atoms with van der Waals surface area (Å²) in [5, 5.41) is 1.61. The number of nitrogens with zero attached hydrogens (tertiary/aromatic N) is 2. The van der Waals surface area contributed by atoms with E-state index in [9.17, 15) is 4.39 Å². The number of hydrogen-bond donors (Lipinski definition) is 0. The van der Waals surface area contributed by atoms with Crippen LogP contribution in [0.5, 0.6) is 5.06 Å². The second-order valence-corrected chi connectivity index (χ2v) is 5.02. The number of pyridine rings is 1. The Morgan fingerprint density at radius 2 is 2.24 bits per heavy atom. The standard InChI is InChI=1S/C12H11FN2OS/c1-16-12-10(7-2-3-7)15-11(17-12)8-4-9(13)6-14-5-8/h4-7H,2-3H2,1H3. The molecule has 1 aliphatic carbocycles. The van der Waals surface area contributed by atoms with Crippen molar-refractivity contribution in [2.24, 2.45) is 0 Å². The molecule has 3 rings (SSSR count). The van der Waals surface area contributed by atoms with Gasteiger partial charge in [-0.1, -0.05) is 11.3 Å². The molecule has 2 aromatic rings. The molecule has 0 atom stereocenters. The van der Waals surface area contributed by atoms with E-state index in [1.807, 2.05) is 0 Å². The number of ether oxygens (including phenoxy) is 1. The lowest BCUT2D eigenvalue weighted by atomic mass is 10.3. The van der Waals surface area contributed by atoms with Crippen LogP contribution in [0.4, 0.5) is 4.39 Å². The molecule has 2 heterocycles. The van der Waals surface area contributed by atoms with Gasteiger partial charge in [-0.2, -0.15) is 0 Å². The Kier molecular flexibility index (Phi) is 2.55. The lowest BCUT2D eigenvalue weighted by Gasteiger charge is -1.95. The van der Waals surface area contributed by atoms with Crippen molar-refractivity contribution in [3.05, 3.63) is 30.0 Å². The first-order chi connectivity index (χ1) is 8.28. The van der Waals surface area contributed by atoms with Gasteiger partial charge in [0.2, 0.25) is 0 Å². The summed E-state index contributed by atoms with van der Waals surface area (Å²) < 4.78 is 18.4. The lowest BCUT2D eigenvalue weighted by Crippen LogP contribution is -1.86. The van der Waals surface area contributed by atoms with Gasteiger partial charge in [0.25, 0.3) is 0 Å². The molecule has 3 nitrogen and oxygen atoms in total. The normalized spacial score (nSPS) is 14.9. The van der Waals surface area contributed by atoms with E-state index in [4.69, 9.17) is 4.74 Å². The fraction of sp³-hybridized carbons (Fsp3) is 0.333. The predicted molar refractivity (Wildman–Crippen MR) is 63.8 cm³/mol. The molecule has 0 amide bonds. The fourth-order valence-corrected chi connectivity index (χ4v) is 2.68. The number of hydrogen-bond acceptors (Lipinski definition) is 4. The van der Waals surface area contributed by atoms with Crippen molar-refractivity contribution in [2.45, 2.75) is 18.8 Å². The zero-order valence-electron chi connectivity index (χ0n) is 9.31. The molecule has 0 N–H and O–H groups in total. The van der Waals surface area contributed by atoms with Gasteiger partial charge in [0.15, 0.2) is 5.06 Å². The zero-order chi connectivity index (χ0) is 11.8. The molecular weight excluding hydrogens is 239 g/mol. The van der Waals surface area contributed by atoms with Crippen LogP contribution in [0.3, 0.4) is 0 Å². The molecule has 0 bridgehead atoms. The summed E-state index contributed by atoms with van der Waals surface area (Å²) in [7, 11) is 1.65. The maximum Gasteiger partial charge on any atom is 0.197 e. The Morgan fingerprint density at radius 1 is 1.41 bits per heavy atom. The summed E-state index contributed by atoms with van der Waals surface area (Å²) in [6.07, 6.45) is 5.15. The van der Waals surface area contributed by atoms with Crippen LogP contribution in [0.2, 0.25) is 0 Å². The summed E-state index contributed by atoms with van der Waals surface area (Å²) in [6, 6.07) is 1.45. The second kappa shape index (κ2) is 4.07. The number of rotatable bonds is 3. The number of thiazole rings is 1. The molecule has 17 heavy (non-hydrogen) atoms. The van der Waals surface area contributed by atoms with Crippen molar-refractivity contribution >= 4 is 11.3 Å². The van der Waals surface area contributed by atoms with Crippen molar-refractivity contribution in [2.75, 3.05) is 7.11 Å². The van der Waals surface area contributed by atoms with Gasteiger partial charge >= 0.3 is 0 Å². The Balaban J connectivity index is 2.03. The maximum atomic E-state index is 13.1. The summed E-state index contributed by atoms with van der Waals surface area (Å²) in [6.45, 7) is 0. The van der Waals surface area contributed by atoms with Gasteiger partial charge in [0.05, 0.1) is 19.0 Å². The molecule has 1 aliphatic rings. The van der Waals surface area contributed by atoms with Crippen LogP contribution in [0.1, 0.15) is 24.5 Å². The molecule has 88 valence electrons. The topological polar surface area (TPSA) is 35.0 Å². The molecular formula is C12H11FN2OS. The Labute approximate surface area is 102 Å². The minimum atomic E-state index is -0.343. The monoisotopic (exact) mass is 250 g/mol. The van der Waals surface area contributed by atoms with Crippen LogP contribution < -0.4 is 4.74 Å². The minimum absolute atomic E-state index is 0.343. The van der Waals surface area contributed by atoms with E-state index in [1.54, 1.807) is 13.3 Å². The zero-order valence-corrected chi connectivity index (χ0v) is 10.1. The number of halogens is 1. The first-order valence-electron chi connectivity index (χ1n) is 5.43.